The van der Waals surface area contributed by atoms with Crippen molar-refractivity contribution in [3.05, 3.63) is 89.0 Å². The van der Waals surface area contributed by atoms with Gasteiger partial charge in [-0.05, 0) is 53.9 Å². The normalized spacial score (nSPS) is 12.0. The van der Waals surface area contributed by atoms with Gasteiger partial charge in [0.15, 0.2) is 5.11 Å². The molecule has 0 aliphatic carbocycles. The molecule has 0 fully saturated rings. The lowest BCUT2D eigenvalue weighted by Crippen LogP contribution is -2.51. The number of rotatable bonds is 14. The zero-order valence-corrected chi connectivity index (χ0v) is 25.3. The third-order valence-electron chi connectivity index (χ3n) is 6.92. The van der Waals surface area contributed by atoms with Crippen LogP contribution in [0.5, 0.6) is 0 Å². The molecule has 0 saturated carbocycles. The summed E-state index contributed by atoms with van der Waals surface area (Å²) in [7, 11) is 1.59. The molecule has 2 aromatic carbocycles. The molecule has 0 unspecified atom stereocenters. The molecular weight excluding hydrogens is 577 g/mol. The predicted octanol–water partition coefficient (Wildman–Crippen LogP) is 4.92. The molecule has 0 aliphatic heterocycles. The first-order valence-corrected chi connectivity index (χ1v) is 14.4. The summed E-state index contributed by atoms with van der Waals surface area (Å²) in [4.78, 5) is 19.1. The van der Waals surface area contributed by atoms with E-state index in [9.17, 15) is 18.0 Å². The fourth-order valence-electron chi connectivity index (χ4n) is 4.49. The van der Waals surface area contributed by atoms with Crippen molar-refractivity contribution in [1.82, 2.24) is 25.1 Å². The highest BCUT2D eigenvalue weighted by Crippen LogP contribution is 2.32. The number of methoxy groups -OCH3 is 1. The molecule has 1 amide bonds. The number of nitrogens with one attached hydrogen (secondary N) is 2. The number of hydrogen-bond acceptors (Lipinski definition) is 5. The molecule has 1 heterocycles. The molecular formula is C31H37F3N6O2S. The number of carbonyl (C=O) groups excluding carboxylic acids is 1. The molecule has 3 rings (SSSR count). The van der Waals surface area contributed by atoms with Gasteiger partial charge in [0.25, 0.3) is 0 Å². The van der Waals surface area contributed by atoms with Crippen LogP contribution in [0.4, 0.5) is 13.2 Å². The average molecular weight is 615 g/mol. The summed E-state index contributed by atoms with van der Waals surface area (Å²) in [5, 5.41) is 15.5. The quantitative estimate of drug-likeness (QED) is 0.197. The minimum atomic E-state index is -4.51. The first-order chi connectivity index (χ1) is 20.5. The van der Waals surface area contributed by atoms with Crippen LogP contribution in [0.15, 0.2) is 61.1 Å². The van der Waals surface area contributed by atoms with Crippen LogP contribution in [0.1, 0.15) is 48.2 Å². The Morgan fingerprint density at radius 2 is 1.91 bits per heavy atom. The van der Waals surface area contributed by atoms with Crippen molar-refractivity contribution in [3.8, 4) is 6.07 Å². The number of nitrogens with zero attached hydrogens (tertiary/aromatic N) is 4. The van der Waals surface area contributed by atoms with Gasteiger partial charge in [-0.1, -0.05) is 44.2 Å². The number of halogens is 3. The Bertz CT molecular complexity index is 1390. The lowest BCUT2D eigenvalue weighted by atomic mass is 10.0. The molecule has 3 aromatic rings. The van der Waals surface area contributed by atoms with Crippen LogP contribution < -0.4 is 10.6 Å². The summed E-state index contributed by atoms with van der Waals surface area (Å²) < 4.78 is 48.3. The predicted molar refractivity (Wildman–Crippen MR) is 162 cm³/mol. The van der Waals surface area contributed by atoms with E-state index in [0.29, 0.717) is 42.5 Å². The van der Waals surface area contributed by atoms with Crippen molar-refractivity contribution in [2.75, 3.05) is 26.8 Å². The van der Waals surface area contributed by atoms with E-state index >= 15 is 0 Å². The molecule has 0 bridgehead atoms. The second-order valence-electron chi connectivity index (χ2n) is 10.5. The number of amides is 1. The van der Waals surface area contributed by atoms with Gasteiger partial charge >= 0.3 is 6.18 Å². The number of imidazole rings is 1. The van der Waals surface area contributed by atoms with Gasteiger partial charge in [0.2, 0.25) is 5.91 Å². The largest absolute Gasteiger partial charge is 0.416 e. The second kappa shape index (κ2) is 16.0. The summed E-state index contributed by atoms with van der Waals surface area (Å²) in [5.74, 6) is -0.279. The van der Waals surface area contributed by atoms with Gasteiger partial charge in [-0.25, -0.2) is 4.98 Å². The van der Waals surface area contributed by atoms with Crippen molar-refractivity contribution in [2.45, 2.75) is 52.0 Å². The van der Waals surface area contributed by atoms with Crippen LogP contribution in [0, 0.1) is 17.2 Å². The maximum Gasteiger partial charge on any atom is 0.416 e. The summed E-state index contributed by atoms with van der Waals surface area (Å²) in [6.07, 6.45) is -0.496. The van der Waals surface area contributed by atoms with E-state index < -0.39 is 17.8 Å². The maximum absolute atomic E-state index is 13.8. The Kier molecular flexibility index (Phi) is 12.5. The SMILES string of the molecule is COCCCNC(=S)N(Cc1ccccc1C(F)(F)F)C[C@@H](NC(=O)Cc1cncn1Cc1ccc(C#N)cc1)C(C)C. The number of carbonyl (C=O) groups is 1. The molecule has 1 aromatic heterocycles. The van der Waals surface area contributed by atoms with E-state index in [4.69, 9.17) is 22.2 Å². The number of alkyl halides is 3. The van der Waals surface area contributed by atoms with Crippen molar-refractivity contribution in [3.63, 3.8) is 0 Å². The van der Waals surface area contributed by atoms with Crippen molar-refractivity contribution < 1.29 is 22.7 Å². The third-order valence-corrected chi connectivity index (χ3v) is 7.32. The Balaban J connectivity index is 1.74. The molecule has 12 heteroatoms. The van der Waals surface area contributed by atoms with E-state index in [1.165, 1.54) is 12.1 Å². The first kappa shape index (κ1) is 33.6. The van der Waals surface area contributed by atoms with Gasteiger partial charge in [0, 0.05) is 57.8 Å². The fraction of sp³-hybridized carbons (Fsp3) is 0.419. The molecule has 2 N–H and O–H groups in total. The number of aromatic nitrogens is 2. The number of benzene rings is 2. The summed E-state index contributed by atoms with van der Waals surface area (Å²) in [6.45, 7) is 5.49. The van der Waals surface area contributed by atoms with Gasteiger partial charge in [0.05, 0.1) is 29.9 Å². The number of thiocarbonyl (C=S) groups is 1. The Labute approximate surface area is 255 Å². The number of ether oxygens (including phenoxy) is 1. The maximum atomic E-state index is 13.8. The molecule has 1 atom stereocenters. The Morgan fingerprint density at radius 3 is 2.56 bits per heavy atom. The van der Waals surface area contributed by atoms with E-state index in [1.807, 2.05) is 30.5 Å². The highest BCUT2D eigenvalue weighted by Gasteiger charge is 2.34. The third kappa shape index (κ3) is 10.4. The average Bonchev–Trinajstić information content (AvgIpc) is 3.40. The summed E-state index contributed by atoms with van der Waals surface area (Å²) >= 11 is 5.62. The van der Waals surface area contributed by atoms with Crippen LogP contribution >= 0.6 is 12.2 Å². The van der Waals surface area contributed by atoms with Gasteiger partial charge in [-0.15, -0.1) is 0 Å². The van der Waals surface area contributed by atoms with E-state index in [2.05, 4.69) is 21.7 Å². The number of hydrogen-bond donors (Lipinski definition) is 2. The molecule has 8 nitrogen and oxygen atoms in total. The molecule has 0 aliphatic rings. The molecule has 0 radical (unpaired) electrons. The fourth-order valence-corrected chi connectivity index (χ4v) is 4.73. The Hall–Kier alpha value is -3.95. The molecule has 0 spiro atoms. The van der Waals surface area contributed by atoms with Crippen LogP contribution in [-0.4, -0.2) is 58.3 Å². The van der Waals surface area contributed by atoms with Gasteiger partial charge in [-0.2, -0.15) is 18.4 Å². The topological polar surface area (TPSA) is 95.2 Å². The highest BCUT2D eigenvalue weighted by atomic mass is 32.1. The standard InChI is InChI=1S/C31H37F3N6O2S/c1-22(2)28(38-29(41)15-26-17-36-21-40(26)18-24-11-9-23(16-35)10-12-24)20-39(30(43)37-13-6-14-42-3)19-25-7-4-5-8-27(25)31(32,33)34/h4-5,7-12,17,21-22,28H,6,13-15,18-20H2,1-3H3,(H,37,43)(H,38,41)/t28-/m1/s1. The van der Waals surface area contributed by atoms with E-state index in [1.54, 1.807) is 42.7 Å². The highest BCUT2D eigenvalue weighted by molar-refractivity contribution is 7.80. The molecule has 230 valence electrons. The van der Waals surface area contributed by atoms with Crippen LogP contribution in [0.3, 0.4) is 0 Å². The minimum absolute atomic E-state index is 0.0378. The van der Waals surface area contributed by atoms with Gasteiger partial charge < -0.3 is 24.8 Å². The smallest absolute Gasteiger partial charge is 0.385 e. The summed E-state index contributed by atoms with van der Waals surface area (Å²) in [5.41, 5.74) is 1.60. The molecule has 43 heavy (non-hydrogen) atoms. The van der Waals surface area contributed by atoms with Crippen molar-refractivity contribution in [2.24, 2.45) is 5.92 Å². The van der Waals surface area contributed by atoms with E-state index in [-0.39, 0.29) is 36.9 Å². The number of nitriles is 1. The zero-order chi connectivity index (χ0) is 31.4. The minimum Gasteiger partial charge on any atom is -0.385 e. The lowest BCUT2D eigenvalue weighted by Gasteiger charge is -2.33. The summed E-state index contributed by atoms with van der Waals surface area (Å²) in [6, 6.07) is 14.3. The second-order valence-corrected chi connectivity index (χ2v) is 10.9. The lowest BCUT2D eigenvalue weighted by molar-refractivity contribution is -0.138. The molecule has 0 saturated heterocycles. The van der Waals surface area contributed by atoms with Crippen LogP contribution in [-0.2, 0) is 35.2 Å². The van der Waals surface area contributed by atoms with Crippen molar-refractivity contribution >= 4 is 23.2 Å². The van der Waals surface area contributed by atoms with Crippen molar-refractivity contribution in [1.29, 1.82) is 5.26 Å². The van der Waals surface area contributed by atoms with Crippen LogP contribution in [0.25, 0.3) is 0 Å². The zero-order valence-electron chi connectivity index (χ0n) is 24.5. The Morgan fingerprint density at radius 1 is 1.19 bits per heavy atom. The van der Waals surface area contributed by atoms with Gasteiger partial charge in [0.1, 0.15) is 0 Å². The monoisotopic (exact) mass is 614 g/mol. The van der Waals surface area contributed by atoms with Crippen LogP contribution in [0.2, 0.25) is 0 Å². The van der Waals surface area contributed by atoms with Gasteiger partial charge in [-0.3, -0.25) is 4.79 Å². The first-order valence-electron chi connectivity index (χ1n) is 14.0. The van der Waals surface area contributed by atoms with E-state index in [0.717, 1.165) is 11.6 Å².